The first kappa shape index (κ1) is 25.8. The smallest absolute Gasteiger partial charge is 0.413 e. The van der Waals surface area contributed by atoms with Gasteiger partial charge >= 0.3 is 6.09 Å². The molecule has 1 aromatic heterocycles. The predicted molar refractivity (Wildman–Crippen MR) is 131 cm³/mol. The van der Waals surface area contributed by atoms with Crippen LogP contribution < -0.4 is 10.6 Å². The van der Waals surface area contributed by atoms with E-state index in [1.54, 1.807) is 4.90 Å². The van der Waals surface area contributed by atoms with E-state index in [1.165, 1.54) is 35.5 Å². The zero-order valence-electron chi connectivity index (χ0n) is 19.8. The molecule has 0 unspecified atom stereocenters. The number of nitrogens with one attached hydrogen (secondary N) is 2. The van der Waals surface area contributed by atoms with Gasteiger partial charge in [0.1, 0.15) is 5.00 Å². The highest BCUT2D eigenvalue weighted by Crippen LogP contribution is 2.37. The molecular formula is C23H26N4O7S2. The molecule has 1 saturated heterocycles. The van der Waals surface area contributed by atoms with Crippen molar-refractivity contribution in [3.8, 4) is 0 Å². The summed E-state index contributed by atoms with van der Waals surface area (Å²) in [6.07, 6.45) is 1.09. The van der Waals surface area contributed by atoms with Gasteiger partial charge in [0.15, 0.2) is 0 Å². The number of carbonyl (C=O) groups is 4. The van der Waals surface area contributed by atoms with Crippen LogP contribution in [-0.4, -0.2) is 68.2 Å². The number of thiophene rings is 1. The van der Waals surface area contributed by atoms with E-state index in [4.69, 9.17) is 0 Å². The number of hydrogen-bond acceptors (Lipinski definition) is 8. The number of benzene rings is 1. The van der Waals surface area contributed by atoms with Gasteiger partial charge in [-0.2, -0.15) is 4.31 Å². The normalized spacial score (nSPS) is 15.8. The molecule has 192 valence electrons. The summed E-state index contributed by atoms with van der Waals surface area (Å²) in [5.74, 6) is -1.38. The van der Waals surface area contributed by atoms with Crippen LogP contribution >= 0.6 is 11.3 Å². The van der Waals surface area contributed by atoms with E-state index < -0.39 is 27.9 Å². The standard InChI is InChI=1S/C23H26N4O7S2/c1-14(28)26-12-9-17-18(13-26)35-22(19(17)21(30)25-23(31)34-2)24-20(29)15-5-7-16(8-6-15)36(32,33)27-10-3-4-11-27/h5-8H,3-4,9-13H2,1-2H3,(H,24,29)(H,25,30,31). The van der Waals surface area contributed by atoms with Gasteiger partial charge in [-0.15, -0.1) is 11.3 Å². The highest BCUT2D eigenvalue weighted by atomic mass is 32.2. The molecule has 3 heterocycles. The number of carbonyl (C=O) groups excluding carboxylic acids is 4. The first-order valence-electron chi connectivity index (χ1n) is 11.3. The van der Waals surface area contributed by atoms with Gasteiger partial charge in [0, 0.05) is 37.0 Å². The Kier molecular flexibility index (Phi) is 7.43. The monoisotopic (exact) mass is 534 g/mol. The minimum absolute atomic E-state index is 0.106. The van der Waals surface area contributed by atoms with Crippen LogP contribution in [0.5, 0.6) is 0 Å². The maximum absolute atomic E-state index is 13.0. The fourth-order valence-electron chi connectivity index (χ4n) is 4.24. The molecule has 0 aliphatic carbocycles. The second-order valence-corrected chi connectivity index (χ2v) is 11.5. The Bertz CT molecular complexity index is 1310. The number of nitrogens with zero attached hydrogens (tertiary/aromatic N) is 2. The first-order chi connectivity index (χ1) is 17.1. The molecule has 1 aromatic carbocycles. The van der Waals surface area contributed by atoms with Gasteiger partial charge in [-0.1, -0.05) is 0 Å². The van der Waals surface area contributed by atoms with E-state index in [1.807, 2.05) is 0 Å². The molecule has 4 amide bonds. The molecule has 13 heteroatoms. The molecule has 36 heavy (non-hydrogen) atoms. The summed E-state index contributed by atoms with van der Waals surface area (Å²) in [6, 6.07) is 5.60. The molecule has 1 fully saturated rings. The van der Waals surface area contributed by atoms with Gasteiger partial charge in [-0.05, 0) is 49.1 Å². The molecule has 4 rings (SSSR count). The summed E-state index contributed by atoms with van der Waals surface area (Å²) >= 11 is 1.15. The number of imide groups is 1. The Balaban J connectivity index is 1.59. The molecule has 0 radical (unpaired) electrons. The van der Waals surface area contributed by atoms with E-state index in [2.05, 4.69) is 15.4 Å². The Morgan fingerprint density at radius 3 is 2.28 bits per heavy atom. The third-order valence-electron chi connectivity index (χ3n) is 6.18. The van der Waals surface area contributed by atoms with Gasteiger partial charge in [0.2, 0.25) is 15.9 Å². The molecule has 2 N–H and O–H groups in total. The lowest BCUT2D eigenvalue weighted by atomic mass is 10.0. The van der Waals surface area contributed by atoms with E-state index >= 15 is 0 Å². The number of alkyl carbamates (subject to hydrolysis) is 1. The summed E-state index contributed by atoms with van der Waals surface area (Å²) in [4.78, 5) is 51.8. The number of sulfonamides is 1. The lowest BCUT2D eigenvalue weighted by molar-refractivity contribution is -0.129. The molecule has 0 atom stereocenters. The topological polar surface area (TPSA) is 142 Å². The molecule has 2 aromatic rings. The van der Waals surface area contributed by atoms with Crippen molar-refractivity contribution >= 4 is 50.2 Å². The van der Waals surface area contributed by atoms with E-state index in [0.29, 0.717) is 31.6 Å². The maximum Gasteiger partial charge on any atom is 0.413 e. The molecule has 0 spiro atoms. The first-order valence-corrected chi connectivity index (χ1v) is 13.6. The highest BCUT2D eigenvalue weighted by molar-refractivity contribution is 7.89. The summed E-state index contributed by atoms with van der Waals surface area (Å²) < 4.78 is 31.4. The van der Waals surface area contributed by atoms with Crippen LogP contribution in [0.2, 0.25) is 0 Å². The maximum atomic E-state index is 13.0. The number of ether oxygens (including phenoxy) is 1. The van der Waals surface area contributed by atoms with E-state index in [0.717, 1.165) is 36.2 Å². The zero-order valence-corrected chi connectivity index (χ0v) is 21.5. The second-order valence-electron chi connectivity index (χ2n) is 8.43. The summed E-state index contributed by atoms with van der Waals surface area (Å²) in [6.45, 7) is 3.10. The average Bonchev–Trinajstić information content (AvgIpc) is 3.52. The van der Waals surface area contributed by atoms with E-state index in [-0.39, 0.29) is 33.5 Å². The van der Waals surface area contributed by atoms with Crippen LogP contribution in [0.15, 0.2) is 29.2 Å². The largest absolute Gasteiger partial charge is 0.453 e. The predicted octanol–water partition coefficient (Wildman–Crippen LogP) is 2.19. The van der Waals surface area contributed by atoms with Crippen LogP contribution in [0.4, 0.5) is 9.80 Å². The fraction of sp³-hybridized carbons (Fsp3) is 0.391. The van der Waals surface area contributed by atoms with Crippen LogP contribution in [0.25, 0.3) is 0 Å². The lowest BCUT2D eigenvalue weighted by Gasteiger charge is -2.25. The van der Waals surface area contributed by atoms with Gasteiger partial charge < -0.3 is 15.0 Å². The number of anilines is 1. The van der Waals surface area contributed by atoms with Crippen LogP contribution in [0, 0.1) is 0 Å². The minimum Gasteiger partial charge on any atom is -0.453 e. The number of rotatable bonds is 5. The molecule has 0 bridgehead atoms. The number of fused-ring (bicyclic) bond motifs is 1. The third kappa shape index (κ3) is 5.13. The van der Waals surface area contributed by atoms with Crippen LogP contribution in [0.1, 0.15) is 50.9 Å². The Hall–Kier alpha value is -3.29. The van der Waals surface area contributed by atoms with Crippen molar-refractivity contribution in [2.45, 2.75) is 37.6 Å². The van der Waals surface area contributed by atoms with Gasteiger partial charge in [0.25, 0.3) is 11.8 Å². The molecular weight excluding hydrogens is 508 g/mol. The summed E-state index contributed by atoms with van der Waals surface area (Å²) in [5, 5.41) is 5.07. The van der Waals surface area contributed by atoms with Crippen molar-refractivity contribution in [2.24, 2.45) is 0 Å². The van der Waals surface area contributed by atoms with Crippen molar-refractivity contribution < 1.29 is 32.3 Å². The summed E-state index contributed by atoms with van der Waals surface area (Å²) in [5.41, 5.74) is 0.998. The zero-order chi connectivity index (χ0) is 26.0. The van der Waals surface area contributed by atoms with Crippen molar-refractivity contribution in [2.75, 3.05) is 32.1 Å². The summed E-state index contributed by atoms with van der Waals surface area (Å²) in [7, 11) is -2.48. The number of amides is 4. The van der Waals surface area contributed by atoms with Crippen molar-refractivity contribution in [3.63, 3.8) is 0 Å². The average molecular weight is 535 g/mol. The van der Waals surface area contributed by atoms with E-state index in [9.17, 15) is 27.6 Å². The van der Waals surface area contributed by atoms with Crippen LogP contribution in [0.3, 0.4) is 0 Å². The molecule has 11 nitrogen and oxygen atoms in total. The van der Waals surface area contributed by atoms with Crippen LogP contribution in [-0.2, 0) is 32.5 Å². The third-order valence-corrected chi connectivity index (χ3v) is 9.22. The second kappa shape index (κ2) is 10.4. The Morgan fingerprint density at radius 1 is 1.00 bits per heavy atom. The molecule has 2 aliphatic heterocycles. The number of hydrogen-bond donors (Lipinski definition) is 2. The van der Waals surface area contributed by atoms with Crippen molar-refractivity contribution in [1.82, 2.24) is 14.5 Å². The fourth-order valence-corrected chi connectivity index (χ4v) is 7.01. The SMILES string of the molecule is COC(=O)NC(=O)c1c(NC(=O)c2ccc(S(=O)(=O)N3CCCC3)cc2)sc2c1CCN(C(C)=O)C2. The van der Waals surface area contributed by atoms with Gasteiger partial charge in [0.05, 0.1) is 24.1 Å². The van der Waals surface area contributed by atoms with Crippen molar-refractivity contribution in [3.05, 3.63) is 45.8 Å². The highest BCUT2D eigenvalue weighted by Gasteiger charge is 2.31. The Morgan fingerprint density at radius 2 is 1.67 bits per heavy atom. The lowest BCUT2D eigenvalue weighted by Crippen LogP contribution is -2.35. The number of methoxy groups -OCH3 is 1. The quantitative estimate of drug-likeness (QED) is 0.599. The Labute approximate surface area is 212 Å². The minimum atomic E-state index is -3.61. The van der Waals surface area contributed by atoms with Gasteiger partial charge in [-0.3, -0.25) is 19.7 Å². The van der Waals surface area contributed by atoms with Gasteiger partial charge in [-0.25, -0.2) is 13.2 Å². The van der Waals surface area contributed by atoms with Crippen molar-refractivity contribution in [1.29, 1.82) is 0 Å². The molecule has 0 saturated carbocycles. The molecule has 2 aliphatic rings.